The molecule has 1 aliphatic heterocycles. The molecule has 1 aliphatic rings. The van der Waals surface area contributed by atoms with Crippen LogP contribution >= 0.6 is 0 Å². The number of ether oxygens (including phenoxy) is 4. The molecular weight excluding hydrogens is 937 g/mol. The lowest BCUT2D eigenvalue weighted by Gasteiger charge is -2.33. The molecule has 24 heteroatoms. The van der Waals surface area contributed by atoms with Crippen LogP contribution in [0.3, 0.4) is 0 Å². The van der Waals surface area contributed by atoms with Crippen molar-refractivity contribution in [3.63, 3.8) is 0 Å². The lowest BCUT2D eigenvalue weighted by atomic mass is 10.2. The lowest BCUT2D eigenvalue weighted by molar-refractivity contribution is -0.125. The Labute approximate surface area is 415 Å². The Morgan fingerprint density at radius 3 is 0.653 bits per heavy atom. The van der Waals surface area contributed by atoms with Gasteiger partial charge < -0.3 is 18.9 Å². The first-order valence-electron chi connectivity index (χ1n) is 22.9. The standard InChI is InChI=1S/C48H60N12O12/c61-41(49-53-45(65)69-33-37-13-5-1-6-14-37)29-57-21-23-58(30-42(62)50-54-46(66)70-34-38-15-7-2-8-16-38)25-27-60(32-44(64)52-56-48(68)72-36-40-19-11-4-12-20-40)28-26-59(24-22-57)31-43(63)51-55-47(67)71-35-39-17-9-3-10-18-39/h1-20H,21-36H2,(H,49,61)(H,50,62)(H,51,63)(H,52,64)(H,53,65)(H,54,66)(H,55,67)(H,56,68). The van der Waals surface area contributed by atoms with Gasteiger partial charge in [-0.15, -0.1) is 0 Å². The van der Waals surface area contributed by atoms with Crippen LogP contribution in [0.1, 0.15) is 22.3 Å². The number of rotatable bonds is 16. The molecule has 0 aliphatic carbocycles. The number of hydrogen-bond acceptors (Lipinski definition) is 16. The Morgan fingerprint density at radius 1 is 0.292 bits per heavy atom. The summed E-state index contributed by atoms with van der Waals surface area (Å²) in [6.45, 7) is 0.337. The molecule has 384 valence electrons. The zero-order chi connectivity index (χ0) is 51.2. The number of hydrogen-bond donors (Lipinski definition) is 8. The minimum absolute atomic E-state index is 0.0287. The number of carbonyl (C=O) groups excluding carboxylic acids is 8. The molecule has 0 saturated carbocycles. The van der Waals surface area contributed by atoms with Gasteiger partial charge in [-0.25, -0.2) is 40.9 Å². The van der Waals surface area contributed by atoms with E-state index in [1.54, 1.807) is 117 Å². The third-order valence-corrected chi connectivity index (χ3v) is 10.5. The van der Waals surface area contributed by atoms with Crippen molar-refractivity contribution in [2.24, 2.45) is 0 Å². The van der Waals surface area contributed by atoms with Gasteiger partial charge in [-0.2, -0.15) is 0 Å². The molecule has 1 heterocycles. The highest BCUT2D eigenvalue weighted by molar-refractivity contribution is 5.82. The van der Waals surface area contributed by atoms with Crippen LogP contribution in [0.2, 0.25) is 0 Å². The van der Waals surface area contributed by atoms with E-state index in [0.717, 1.165) is 22.3 Å². The Bertz CT molecular complexity index is 2000. The molecule has 5 rings (SSSR count). The minimum Gasteiger partial charge on any atom is -0.443 e. The summed E-state index contributed by atoms with van der Waals surface area (Å²) in [7, 11) is 0. The van der Waals surface area contributed by atoms with Crippen molar-refractivity contribution in [1.82, 2.24) is 63.0 Å². The molecule has 4 aromatic carbocycles. The zero-order valence-corrected chi connectivity index (χ0v) is 39.5. The van der Waals surface area contributed by atoms with Crippen molar-refractivity contribution in [3.8, 4) is 0 Å². The van der Waals surface area contributed by atoms with Crippen molar-refractivity contribution >= 4 is 48.0 Å². The number of nitrogens with zero attached hydrogens (tertiary/aromatic N) is 4. The molecule has 24 nitrogen and oxygen atoms in total. The van der Waals surface area contributed by atoms with E-state index in [1.807, 2.05) is 24.3 Å². The van der Waals surface area contributed by atoms with E-state index in [9.17, 15) is 38.4 Å². The van der Waals surface area contributed by atoms with Crippen LogP contribution < -0.4 is 43.4 Å². The van der Waals surface area contributed by atoms with Crippen molar-refractivity contribution < 1.29 is 57.3 Å². The highest BCUT2D eigenvalue weighted by atomic mass is 16.6. The predicted octanol–water partition coefficient (Wildman–Crippen LogP) is 1.04. The van der Waals surface area contributed by atoms with E-state index < -0.39 is 48.0 Å². The molecule has 1 fully saturated rings. The molecule has 0 atom stereocenters. The van der Waals surface area contributed by atoms with Gasteiger partial charge in [-0.3, -0.25) is 60.5 Å². The second-order valence-corrected chi connectivity index (χ2v) is 16.0. The van der Waals surface area contributed by atoms with Crippen molar-refractivity contribution in [1.29, 1.82) is 0 Å². The van der Waals surface area contributed by atoms with Crippen LogP contribution in [0.15, 0.2) is 121 Å². The highest BCUT2D eigenvalue weighted by Crippen LogP contribution is 2.05. The quantitative estimate of drug-likeness (QED) is 0.0575. The van der Waals surface area contributed by atoms with Crippen LogP contribution in [-0.2, 0) is 64.6 Å². The molecule has 4 aromatic rings. The van der Waals surface area contributed by atoms with Gasteiger partial charge >= 0.3 is 24.4 Å². The van der Waals surface area contributed by atoms with Crippen molar-refractivity contribution in [2.75, 3.05) is 78.5 Å². The first kappa shape index (κ1) is 54.6. The Hall–Kier alpha value is -8.32. The highest BCUT2D eigenvalue weighted by Gasteiger charge is 2.23. The summed E-state index contributed by atoms with van der Waals surface area (Å²) < 4.78 is 20.8. The molecule has 8 amide bonds. The topological polar surface area (TPSA) is 283 Å². The summed E-state index contributed by atoms with van der Waals surface area (Å²) in [5.41, 5.74) is 21.3. The summed E-state index contributed by atoms with van der Waals surface area (Å²) >= 11 is 0. The van der Waals surface area contributed by atoms with Gasteiger partial charge in [-0.1, -0.05) is 121 Å². The maximum absolute atomic E-state index is 13.3. The Morgan fingerprint density at radius 2 is 0.472 bits per heavy atom. The maximum atomic E-state index is 13.3. The second-order valence-electron chi connectivity index (χ2n) is 16.0. The number of nitrogens with one attached hydrogen (secondary N) is 8. The number of hydrazine groups is 4. The summed E-state index contributed by atoms with van der Waals surface area (Å²) in [6, 6.07) is 35.9. The molecule has 0 radical (unpaired) electrons. The molecular formula is C48H60N12O12. The molecule has 0 unspecified atom stereocenters. The monoisotopic (exact) mass is 996 g/mol. The molecule has 0 bridgehead atoms. The van der Waals surface area contributed by atoms with Gasteiger partial charge in [0.15, 0.2) is 0 Å². The minimum atomic E-state index is -0.887. The fourth-order valence-corrected chi connectivity index (χ4v) is 6.70. The molecule has 1 saturated heterocycles. The van der Waals surface area contributed by atoms with Gasteiger partial charge in [0.05, 0.1) is 26.2 Å². The van der Waals surface area contributed by atoms with E-state index in [-0.39, 0.29) is 105 Å². The second kappa shape index (κ2) is 31.0. The number of amides is 8. The van der Waals surface area contributed by atoms with E-state index >= 15 is 0 Å². The predicted molar refractivity (Wildman–Crippen MR) is 257 cm³/mol. The van der Waals surface area contributed by atoms with Crippen molar-refractivity contribution in [3.05, 3.63) is 144 Å². The average molecular weight is 997 g/mol. The Balaban J connectivity index is 1.23. The molecule has 0 spiro atoms. The van der Waals surface area contributed by atoms with Gasteiger partial charge in [0.25, 0.3) is 23.6 Å². The van der Waals surface area contributed by atoms with Gasteiger partial charge in [0, 0.05) is 52.4 Å². The van der Waals surface area contributed by atoms with E-state index in [2.05, 4.69) is 43.4 Å². The first-order chi connectivity index (χ1) is 34.9. The summed E-state index contributed by atoms with van der Waals surface area (Å²) in [4.78, 5) is 110. The maximum Gasteiger partial charge on any atom is 0.426 e. The van der Waals surface area contributed by atoms with Gasteiger partial charge in [0.2, 0.25) is 0 Å². The molecule has 8 N–H and O–H groups in total. The average Bonchev–Trinajstić information content (AvgIpc) is 3.40. The van der Waals surface area contributed by atoms with Crippen molar-refractivity contribution in [2.45, 2.75) is 26.4 Å². The first-order valence-corrected chi connectivity index (χ1v) is 22.9. The fraction of sp³-hybridized carbons (Fsp3) is 0.333. The molecule has 72 heavy (non-hydrogen) atoms. The van der Waals surface area contributed by atoms with Gasteiger partial charge in [0.1, 0.15) is 26.4 Å². The van der Waals surface area contributed by atoms with Crippen LogP contribution in [0, 0.1) is 0 Å². The SMILES string of the molecule is O=C(CN1CCN(CC(=O)NNC(=O)OCc2ccccc2)CCN(CC(=O)NNC(=O)OCc2ccccc2)CCN(CC(=O)NNC(=O)OCc2ccccc2)CC1)NNC(=O)OCc1ccccc1. The lowest BCUT2D eigenvalue weighted by Crippen LogP contribution is -2.54. The summed E-state index contributed by atoms with van der Waals surface area (Å²) in [5, 5.41) is 0. The normalized spacial score (nSPS) is 13.8. The van der Waals surface area contributed by atoms with Gasteiger partial charge in [-0.05, 0) is 22.3 Å². The Kier molecular flexibility index (Phi) is 23.5. The van der Waals surface area contributed by atoms with E-state index in [1.165, 1.54) is 0 Å². The third kappa shape index (κ3) is 22.9. The van der Waals surface area contributed by atoms with E-state index in [4.69, 9.17) is 18.9 Å². The van der Waals surface area contributed by atoms with Crippen LogP contribution in [0.5, 0.6) is 0 Å². The third-order valence-electron chi connectivity index (χ3n) is 10.5. The fourth-order valence-electron chi connectivity index (χ4n) is 6.70. The largest absolute Gasteiger partial charge is 0.443 e. The summed E-state index contributed by atoms with van der Waals surface area (Å²) in [6.07, 6.45) is -3.55. The van der Waals surface area contributed by atoms with Crippen LogP contribution in [0.25, 0.3) is 0 Å². The summed E-state index contributed by atoms with van der Waals surface area (Å²) in [5.74, 6) is -2.39. The smallest absolute Gasteiger partial charge is 0.426 e. The van der Waals surface area contributed by atoms with Crippen LogP contribution in [-0.4, -0.2) is 146 Å². The van der Waals surface area contributed by atoms with E-state index in [0.29, 0.717) is 0 Å². The zero-order valence-electron chi connectivity index (χ0n) is 39.5. The molecule has 0 aromatic heterocycles. The van der Waals surface area contributed by atoms with Crippen LogP contribution in [0.4, 0.5) is 19.2 Å². The number of benzene rings is 4. The number of carbonyl (C=O) groups is 8.